The molecule has 1 N–H and O–H groups in total. The van der Waals surface area contributed by atoms with Crippen LogP contribution in [0.5, 0.6) is 0 Å². The normalized spacial score (nSPS) is 11.9. The molecule has 1 amide bonds. The predicted octanol–water partition coefficient (Wildman–Crippen LogP) is 1.03. The van der Waals surface area contributed by atoms with E-state index >= 15 is 0 Å². The van der Waals surface area contributed by atoms with Crippen molar-refractivity contribution in [2.75, 3.05) is 13.7 Å². The molecular weight excluding hydrogens is 378 g/mol. The lowest BCUT2D eigenvalue weighted by Crippen LogP contribution is -2.44. The molecule has 1 aromatic carbocycles. The summed E-state index contributed by atoms with van der Waals surface area (Å²) in [5.74, 6) is -1.55. The van der Waals surface area contributed by atoms with E-state index in [0.29, 0.717) is 17.3 Å². The van der Waals surface area contributed by atoms with E-state index in [1.54, 1.807) is 24.3 Å². The van der Waals surface area contributed by atoms with Crippen LogP contribution in [-0.2, 0) is 30.4 Å². The number of hydrogen-bond donors (Lipinski definition) is 1. The van der Waals surface area contributed by atoms with Crippen molar-refractivity contribution in [2.24, 2.45) is 5.92 Å². The minimum Gasteiger partial charge on any atom is -0.467 e. The van der Waals surface area contributed by atoms with E-state index in [0.717, 1.165) is 0 Å². The largest absolute Gasteiger partial charge is 0.467 e. The molecule has 1 atom stereocenters. The minimum absolute atomic E-state index is 0.0282. The second-order valence-electron chi connectivity index (χ2n) is 6.93. The first-order valence-electron chi connectivity index (χ1n) is 9.29. The number of hydrogen-bond acceptors (Lipinski definition) is 7. The van der Waals surface area contributed by atoms with Gasteiger partial charge in [0.1, 0.15) is 6.04 Å². The number of para-hydroxylation sites is 1. The molecule has 29 heavy (non-hydrogen) atoms. The molecule has 9 heteroatoms. The van der Waals surface area contributed by atoms with Gasteiger partial charge in [-0.3, -0.25) is 19.1 Å². The zero-order chi connectivity index (χ0) is 21.4. The number of nitrogens with zero attached hydrogens (tertiary/aromatic N) is 2. The van der Waals surface area contributed by atoms with Crippen molar-refractivity contribution in [1.82, 2.24) is 15.1 Å². The van der Waals surface area contributed by atoms with E-state index in [9.17, 15) is 19.2 Å². The molecule has 156 valence electrons. The average molecular weight is 403 g/mol. The molecular formula is C20H25N3O6. The maximum atomic E-state index is 12.0. The third-order valence-corrected chi connectivity index (χ3v) is 4.18. The number of esters is 2. The molecule has 2 aromatic rings. The summed E-state index contributed by atoms with van der Waals surface area (Å²) >= 11 is 0. The van der Waals surface area contributed by atoms with Gasteiger partial charge in [0.05, 0.1) is 31.8 Å². The Balaban J connectivity index is 1.87. The first-order chi connectivity index (χ1) is 13.8. The SMILES string of the molecule is COC(=O)C(CC(C)C)NC(=O)COC(=O)CCn1ncc(=O)c2ccccc21. The van der Waals surface area contributed by atoms with Crippen LogP contribution in [-0.4, -0.2) is 47.4 Å². The maximum absolute atomic E-state index is 12.0. The third-order valence-electron chi connectivity index (χ3n) is 4.18. The monoisotopic (exact) mass is 403 g/mol. The van der Waals surface area contributed by atoms with Gasteiger partial charge in [0.25, 0.3) is 5.91 Å². The molecule has 0 radical (unpaired) electrons. The van der Waals surface area contributed by atoms with Gasteiger partial charge in [0, 0.05) is 5.39 Å². The van der Waals surface area contributed by atoms with Crippen molar-refractivity contribution in [2.45, 2.75) is 39.3 Å². The molecule has 0 saturated carbocycles. The zero-order valence-electron chi connectivity index (χ0n) is 16.7. The number of fused-ring (bicyclic) bond motifs is 1. The molecule has 2 rings (SSSR count). The summed E-state index contributed by atoms with van der Waals surface area (Å²) in [5, 5.41) is 7.06. The number of methoxy groups -OCH3 is 1. The molecule has 9 nitrogen and oxygen atoms in total. The molecule has 1 aromatic heterocycles. The summed E-state index contributed by atoms with van der Waals surface area (Å²) in [7, 11) is 1.25. The van der Waals surface area contributed by atoms with E-state index in [2.05, 4.69) is 15.2 Å². The molecule has 0 saturated heterocycles. The predicted molar refractivity (Wildman–Crippen MR) is 105 cm³/mol. The Hall–Kier alpha value is -3.23. The van der Waals surface area contributed by atoms with E-state index in [-0.39, 0.29) is 24.3 Å². The number of aromatic nitrogens is 2. The van der Waals surface area contributed by atoms with Crippen molar-refractivity contribution in [3.05, 3.63) is 40.7 Å². The van der Waals surface area contributed by atoms with E-state index in [1.165, 1.54) is 18.0 Å². The van der Waals surface area contributed by atoms with E-state index in [4.69, 9.17) is 4.74 Å². The number of carbonyl (C=O) groups is 3. The van der Waals surface area contributed by atoms with E-state index < -0.39 is 30.5 Å². The number of nitrogens with one attached hydrogen (secondary N) is 1. The summed E-state index contributed by atoms with van der Waals surface area (Å²) in [6.45, 7) is 3.52. The van der Waals surface area contributed by atoms with Crippen LogP contribution >= 0.6 is 0 Å². The Labute approximate surface area is 168 Å². The fourth-order valence-corrected chi connectivity index (χ4v) is 2.82. The molecule has 0 spiro atoms. The van der Waals surface area contributed by atoms with Crippen molar-refractivity contribution < 1.29 is 23.9 Å². The molecule has 0 fully saturated rings. The minimum atomic E-state index is -0.789. The van der Waals surface area contributed by atoms with Crippen molar-refractivity contribution >= 4 is 28.7 Å². The second kappa shape index (κ2) is 10.4. The summed E-state index contributed by atoms with van der Waals surface area (Å²) in [5.41, 5.74) is 0.415. The molecule has 1 unspecified atom stereocenters. The molecule has 0 bridgehead atoms. The van der Waals surface area contributed by atoms with Gasteiger partial charge in [-0.05, 0) is 24.5 Å². The van der Waals surface area contributed by atoms with Crippen LogP contribution in [0.25, 0.3) is 10.9 Å². The van der Waals surface area contributed by atoms with Crippen molar-refractivity contribution in [3.63, 3.8) is 0 Å². The number of amides is 1. The first kappa shape index (κ1) is 22.1. The lowest BCUT2D eigenvalue weighted by Gasteiger charge is -2.18. The lowest BCUT2D eigenvalue weighted by molar-refractivity contribution is -0.150. The zero-order valence-corrected chi connectivity index (χ0v) is 16.7. The Bertz CT molecular complexity index is 937. The second-order valence-corrected chi connectivity index (χ2v) is 6.93. The third kappa shape index (κ3) is 6.41. The highest BCUT2D eigenvalue weighted by molar-refractivity contribution is 5.86. The van der Waals surface area contributed by atoms with Crippen LogP contribution in [0, 0.1) is 5.92 Å². The van der Waals surface area contributed by atoms with Crippen LogP contribution in [0.1, 0.15) is 26.7 Å². The van der Waals surface area contributed by atoms with E-state index in [1.807, 2.05) is 13.8 Å². The molecule has 1 heterocycles. The summed E-state index contributed by atoms with van der Waals surface area (Å²) in [6.07, 6.45) is 1.58. The Kier molecular flexibility index (Phi) is 7.88. The highest BCUT2D eigenvalue weighted by Gasteiger charge is 2.23. The Morgan fingerprint density at radius 2 is 1.93 bits per heavy atom. The molecule has 0 aliphatic rings. The summed E-state index contributed by atoms with van der Waals surface area (Å²) in [6, 6.07) is 6.17. The van der Waals surface area contributed by atoms with Gasteiger partial charge >= 0.3 is 11.9 Å². The van der Waals surface area contributed by atoms with Crippen molar-refractivity contribution in [1.29, 1.82) is 0 Å². The summed E-state index contributed by atoms with van der Waals surface area (Å²) in [4.78, 5) is 47.5. The highest BCUT2D eigenvalue weighted by atomic mass is 16.5. The van der Waals surface area contributed by atoms with Gasteiger partial charge in [-0.1, -0.05) is 26.0 Å². The van der Waals surface area contributed by atoms with Crippen molar-refractivity contribution in [3.8, 4) is 0 Å². The number of benzene rings is 1. The highest BCUT2D eigenvalue weighted by Crippen LogP contribution is 2.09. The van der Waals surface area contributed by atoms with Gasteiger partial charge in [0.2, 0.25) is 5.43 Å². The Morgan fingerprint density at radius 1 is 1.21 bits per heavy atom. The van der Waals surface area contributed by atoms with Gasteiger partial charge in [-0.15, -0.1) is 0 Å². The first-order valence-corrected chi connectivity index (χ1v) is 9.29. The summed E-state index contributed by atoms with van der Waals surface area (Å²) < 4.78 is 11.2. The number of aryl methyl sites for hydroxylation is 1. The van der Waals surface area contributed by atoms with Gasteiger partial charge in [-0.2, -0.15) is 5.10 Å². The van der Waals surface area contributed by atoms with Gasteiger partial charge in [0.15, 0.2) is 6.61 Å². The lowest BCUT2D eigenvalue weighted by atomic mass is 10.0. The fraction of sp³-hybridized carbons (Fsp3) is 0.450. The van der Waals surface area contributed by atoms with Crippen LogP contribution < -0.4 is 10.7 Å². The number of ether oxygens (including phenoxy) is 2. The quantitative estimate of drug-likeness (QED) is 0.622. The van der Waals surface area contributed by atoms with Crippen LogP contribution in [0.3, 0.4) is 0 Å². The van der Waals surface area contributed by atoms with Crippen LogP contribution in [0.4, 0.5) is 0 Å². The average Bonchev–Trinajstić information content (AvgIpc) is 2.70. The standard InChI is InChI=1S/C20H25N3O6/c1-13(2)10-15(20(27)28-3)22-18(25)12-29-19(26)8-9-23-16-7-5-4-6-14(16)17(24)11-21-23/h4-7,11,13,15H,8-10,12H2,1-3H3,(H,22,25). The smallest absolute Gasteiger partial charge is 0.328 e. The van der Waals surface area contributed by atoms with Gasteiger partial charge in [-0.25, -0.2) is 4.79 Å². The molecule has 0 aliphatic heterocycles. The Morgan fingerprint density at radius 3 is 2.62 bits per heavy atom. The molecule has 0 aliphatic carbocycles. The van der Waals surface area contributed by atoms with Crippen LogP contribution in [0.2, 0.25) is 0 Å². The maximum Gasteiger partial charge on any atom is 0.328 e. The number of rotatable bonds is 9. The van der Waals surface area contributed by atoms with Crippen LogP contribution in [0.15, 0.2) is 35.3 Å². The fourth-order valence-electron chi connectivity index (χ4n) is 2.82. The topological polar surface area (TPSA) is 117 Å². The number of carbonyl (C=O) groups excluding carboxylic acids is 3. The van der Waals surface area contributed by atoms with Gasteiger partial charge < -0.3 is 14.8 Å².